The molecular formula is C15H16BrN3O. The maximum absolute atomic E-state index is 8.76. The van der Waals surface area contributed by atoms with Gasteiger partial charge in [-0.05, 0) is 29.8 Å². The van der Waals surface area contributed by atoms with Crippen LogP contribution >= 0.6 is 15.9 Å². The fourth-order valence-corrected chi connectivity index (χ4v) is 2.20. The number of anilines is 1. The molecule has 4 nitrogen and oxygen atoms in total. The van der Waals surface area contributed by atoms with Crippen LogP contribution in [0.5, 0.6) is 0 Å². The summed E-state index contributed by atoms with van der Waals surface area (Å²) in [5, 5.41) is 15.2. The number of halogens is 1. The van der Waals surface area contributed by atoms with Crippen molar-refractivity contribution < 1.29 is 5.21 Å². The van der Waals surface area contributed by atoms with E-state index in [9.17, 15) is 0 Å². The van der Waals surface area contributed by atoms with Gasteiger partial charge in [-0.15, -0.1) is 0 Å². The highest BCUT2D eigenvalue weighted by Crippen LogP contribution is 2.23. The Morgan fingerprint density at radius 3 is 2.40 bits per heavy atom. The Bertz CT molecular complexity index is 569. The first-order valence-electron chi connectivity index (χ1n) is 6.22. The lowest BCUT2D eigenvalue weighted by Crippen LogP contribution is -2.21. The molecule has 2 rings (SSSR count). The molecule has 104 valence electrons. The summed E-state index contributed by atoms with van der Waals surface area (Å²) in [5.41, 5.74) is 7.71. The second kappa shape index (κ2) is 6.96. The van der Waals surface area contributed by atoms with Gasteiger partial charge in [0.15, 0.2) is 0 Å². The van der Waals surface area contributed by atoms with Crippen LogP contribution in [0, 0.1) is 0 Å². The second-order valence-corrected chi connectivity index (χ2v) is 5.33. The lowest BCUT2D eigenvalue weighted by atomic mass is 10.0. The Kier molecular flexibility index (Phi) is 5.01. The third-order valence-electron chi connectivity index (χ3n) is 2.93. The fourth-order valence-electron chi connectivity index (χ4n) is 1.93. The third kappa shape index (κ3) is 3.99. The van der Waals surface area contributed by atoms with E-state index < -0.39 is 0 Å². The number of nitrogens with zero attached hydrogens (tertiary/aromatic N) is 1. The molecule has 0 heterocycles. The van der Waals surface area contributed by atoms with Crippen LogP contribution in [0.25, 0.3) is 0 Å². The maximum Gasteiger partial charge on any atom is 0.141 e. The zero-order chi connectivity index (χ0) is 14.4. The minimum absolute atomic E-state index is 0.0479. The van der Waals surface area contributed by atoms with E-state index in [1.165, 1.54) is 0 Å². The number of hydrogen-bond donors (Lipinski definition) is 3. The molecule has 1 atom stereocenters. The van der Waals surface area contributed by atoms with Gasteiger partial charge in [0, 0.05) is 16.6 Å². The summed E-state index contributed by atoms with van der Waals surface area (Å²) < 4.78 is 1.02. The SMILES string of the molecule is NC(CC(Nc1ccc(Br)cc1)c1ccccc1)=NO. The number of benzene rings is 2. The van der Waals surface area contributed by atoms with Crippen LogP contribution in [0.3, 0.4) is 0 Å². The van der Waals surface area contributed by atoms with E-state index in [4.69, 9.17) is 10.9 Å². The van der Waals surface area contributed by atoms with Gasteiger partial charge >= 0.3 is 0 Å². The molecule has 0 aromatic heterocycles. The molecule has 4 N–H and O–H groups in total. The van der Waals surface area contributed by atoms with E-state index in [-0.39, 0.29) is 11.9 Å². The summed E-state index contributed by atoms with van der Waals surface area (Å²) in [7, 11) is 0. The van der Waals surface area contributed by atoms with Crippen molar-refractivity contribution in [2.45, 2.75) is 12.5 Å². The molecule has 0 aliphatic rings. The summed E-state index contributed by atoms with van der Waals surface area (Å²) in [4.78, 5) is 0. The normalized spacial score (nSPS) is 12.9. The number of oxime groups is 1. The number of rotatable bonds is 5. The van der Waals surface area contributed by atoms with Gasteiger partial charge in [0.1, 0.15) is 5.84 Å². The van der Waals surface area contributed by atoms with Crippen molar-refractivity contribution in [1.29, 1.82) is 0 Å². The molecule has 0 bridgehead atoms. The zero-order valence-electron chi connectivity index (χ0n) is 10.8. The average molecular weight is 334 g/mol. The van der Waals surface area contributed by atoms with Crippen LogP contribution in [-0.4, -0.2) is 11.0 Å². The molecule has 1 unspecified atom stereocenters. The van der Waals surface area contributed by atoms with E-state index in [2.05, 4.69) is 26.4 Å². The van der Waals surface area contributed by atoms with E-state index >= 15 is 0 Å². The summed E-state index contributed by atoms with van der Waals surface area (Å²) >= 11 is 3.41. The van der Waals surface area contributed by atoms with Gasteiger partial charge in [0.2, 0.25) is 0 Å². The Labute approximate surface area is 126 Å². The standard InChI is InChI=1S/C15H16BrN3O/c16-12-6-8-13(9-7-12)18-14(10-15(17)19-20)11-4-2-1-3-5-11/h1-9,14,18,20H,10H2,(H2,17,19). The lowest BCUT2D eigenvalue weighted by molar-refractivity contribution is 0.316. The molecule has 0 aliphatic carbocycles. The predicted octanol–water partition coefficient (Wildman–Crippen LogP) is 3.74. The monoisotopic (exact) mass is 333 g/mol. The van der Waals surface area contributed by atoms with Crippen LogP contribution in [-0.2, 0) is 0 Å². The third-order valence-corrected chi connectivity index (χ3v) is 3.46. The van der Waals surface area contributed by atoms with Crippen LogP contribution in [0.4, 0.5) is 5.69 Å². The van der Waals surface area contributed by atoms with Crippen molar-refractivity contribution in [3.8, 4) is 0 Å². The molecule has 0 aliphatic heterocycles. The van der Waals surface area contributed by atoms with Gasteiger partial charge in [-0.1, -0.05) is 51.4 Å². The number of hydrogen-bond acceptors (Lipinski definition) is 3. The summed E-state index contributed by atoms with van der Waals surface area (Å²) in [5.74, 6) is 0.198. The van der Waals surface area contributed by atoms with E-state index in [0.717, 1.165) is 15.7 Å². The molecule has 0 spiro atoms. The van der Waals surface area contributed by atoms with Crippen LogP contribution in [0.2, 0.25) is 0 Å². The van der Waals surface area contributed by atoms with Crippen molar-refractivity contribution in [3.05, 3.63) is 64.6 Å². The van der Waals surface area contributed by atoms with Crippen LogP contribution in [0.15, 0.2) is 64.2 Å². The van der Waals surface area contributed by atoms with Crippen LogP contribution in [0.1, 0.15) is 18.0 Å². The van der Waals surface area contributed by atoms with Crippen molar-refractivity contribution >= 4 is 27.5 Å². The predicted molar refractivity (Wildman–Crippen MR) is 85.0 cm³/mol. The first-order chi connectivity index (χ1) is 9.69. The van der Waals surface area contributed by atoms with Gasteiger partial charge in [0.05, 0.1) is 6.04 Å². The summed E-state index contributed by atoms with van der Waals surface area (Å²) in [6.45, 7) is 0. The Hall–Kier alpha value is -2.01. The highest BCUT2D eigenvalue weighted by atomic mass is 79.9. The molecule has 0 saturated heterocycles. The van der Waals surface area contributed by atoms with Gasteiger partial charge in [0.25, 0.3) is 0 Å². The fraction of sp³-hybridized carbons (Fsp3) is 0.133. The Morgan fingerprint density at radius 1 is 1.15 bits per heavy atom. The zero-order valence-corrected chi connectivity index (χ0v) is 12.4. The van der Waals surface area contributed by atoms with E-state index in [1.807, 2.05) is 54.6 Å². The molecule has 2 aromatic rings. The summed E-state index contributed by atoms with van der Waals surface area (Å²) in [6, 6.07) is 17.8. The highest BCUT2D eigenvalue weighted by molar-refractivity contribution is 9.10. The highest BCUT2D eigenvalue weighted by Gasteiger charge is 2.13. The average Bonchev–Trinajstić information content (AvgIpc) is 2.49. The second-order valence-electron chi connectivity index (χ2n) is 4.41. The molecule has 0 saturated carbocycles. The molecule has 0 amide bonds. The molecule has 0 radical (unpaired) electrons. The minimum Gasteiger partial charge on any atom is -0.409 e. The quantitative estimate of drug-likeness (QED) is 0.338. The largest absolute Gasteiger partial charge is 0.409 e. The van der Waals surface area contributed by atoms with Crippen molar-refractivity contribution in [1.82, 2.24) is 0 Å². The van der Waals surface area contributed by atoms with Crippen molar-refractivity contribution in [3.63, 3.8) is 0 Å². The molecule has 5 heteroatoms. The van der Waals surface area contributed by atoms with Gasteiger partial charge < -0.3 is 16.3 Å². The number of amidine groups is 1. The maximum atomic E-state index is 8.76. The topological polar surface area (TPSA) is 70.6 Å². The lowest BCUT2D eigenvalue weighted by Gasteiger charge is -2.20. The molecule has 20 heavy (non-hydrogen) atoms. The molecular weight excluding hydrogens is 318 g/mol. The first-order valence-corrected chi connectivity index (χ1v) is 7.02. The Morgan fingerprint density at radius 2 is 1.80 bits per heavy atom. The van der Waals surface area contributed by atoms with Gasteiger partial charge in [-0.25, -0.2) is 0 Å². The van der Waals surface area contributed by atoms with Crippen molar-refractivity contribution in [2.75, 3.05) is 5.32 Å². The van der Waals surface area contributed by atoms with Gasteiger partial charge in [-0.3, -0.25) is 0 Å². The molecule has 2 aromatic carbocycles. The smallest absolute Gasteiger partial charge is 0.141 e. The molecule has 0 fully saturated rings. The van der Waals surface area contributed by atoms with E-state index in [1.54, 1.807) is 0 Å². The summed E-state index contributed by atoms with van der Waals surface area (Å²) in [6.07, 6.45) is 0.427. The van der Waals surface area contributed by atoms with E-state index in [0.29, 0.717) is 6.42 Å². The minimum atomic E-state index is -0.0479. The number of nitrogens with two attached hydrogens (primary N) is 1. The van der Waals surface area contributed by atoms with Gasteiger partial charge in [-0.2, -0.15) is 0 Å². The van der Waals surface area contributed by atoms with Crippen molar-refractivity contribution in [2.24, 2.45) is 10.9 Å². The number of nitrogens with one attached hydrogen (secondary N) is 1. The Balaban J connectivity index is 2.20. The van der Waals surface area contributed by atoms with Crippen LogP contribution < -0.4 is 11.1 Å². The first kappa shape index (κ1) is 14.4.